The summed E-state index contributed by atoms with van der Waals surface area (Å²) < 4.78 is 1.75. The zero-order valence-electron chi connectivity index (χ0n) is 10.4. The second-order valence-electron chi connectivity index (χ2n) is 4.11. The topological polar surface area (TPSA) is 76.4 Å². The number of carbonyl (C=O) groups excluding carboxylic acids is 2. The number of aromatic nitrogens is 3. The largest absolute Gasteiger partial charge is 0.320 e. The molecule has 0 unspecified atom stereocenters. The van der Waals surface area contributed by atoms with E-state index in [1.54, 1.807) is 41.2 Å². The number of carbonyl (C=O) groups is 2. The van der Waals surface area contributed by atoms with Crippen LogP contribution < -0.4 is 5.32 Å². The lowest BCUT2D eigenvalue weighted by Crippen LogP contribution is -2.14. The monoisotopic (exact) mass is 266 g/mol. The van der Waals surface area contributed by atoms with E-state index in [0.717, 1.165) is 0 Å². The number of fused-ring (bicyclic) bond motifs is 1. The van der Waals surface area contributed by atoms with Crippen molar-refractivity contribution in [3.05, 3.63) is 60.3 Å². The molecule has 0 fully saturated rings. The molecule has 98 valence electrons. The van der Waals surface area contributed by atoms with Gasteiger partial charge in [-0.1, -0.05) is 0 Å². The maximum absolute atomic E-state index is 12.3. The number of pyridine rings is 2. The lowest BCUT2D eigenvalue weighted by Gasteiger charge is -2.07. The molecule has 0 atom stereocenters. The van der Waals surface area contributed by atoms with Gasteiger partial charge in [-0.15, -0.1) is 0 Å². The Bertz CT molecular complexity index is 794. The maximum Gasteiger partial charge on any atom is 0.259 e. The summed E-state index contributed by atoms with van der Waals surface area (Å²) in [5.41, 5.74) is 1.74. The van der Waals surface area contributed by atoms with Gasteiger partial charge in [0.15, 0.2) is 6.29 Å². The Balaban J connectivity index is 1.97. The molecule has 0 aromatic carbocycles. The molecule has 3 rings (SSSR count). The van der Waals surface area contributed by atoms with Crippen LogP contribution in [0.2, 0.25) is 0 Å². The highest BCUT2D eigenvalue weighted by atomic mass is 16.1. The van der Waals surface area contributed by atoms with Crippen LogP contribution in [0.5, 0.6) is 0 Å². The zero-order chi connectivity index (χ0) is 13.9. The van der Waals surface area contributed by atoms with Crippen LogP contribution in [0.25, 0.3) is 5.65 Å². The van der Waals surface area contributed by atoms with E-state index in [1.807, 2.05) is 0 Å². The molecule has 0 spiro atoms. The van der Waals surface area contributed by atoms with Crippen molar-refractivity contribution in [2.24, 2.45) is 0 Å². The minimum atomic E-state index is -0.335. The molecule has 1 amide bonds. The Hall–Kier alpha value is -3.02. The molecule has 3 aromatic heterocycles. The summed E-state index contributed by atoms with van der Waals surface area (Å²) in [5, 5.41) is 2.67. The molecule has 0 aliphatic rings. The number of nitrogens with zero attached hydrogens (tertiary/aromatic N) is 3. The fourth-order valence-electron chi connectivity index (χ4n) is 1.93. The van der Waals surface area contributed by atoms with E-state index in [-0.39, 0.29) is 5.91 Å². The summed E-state index contributed by atoms with van der Waals surface area (Å²) in [6.07, 6.45) is 8.79. The number of hydrogen-bond acceptors (Lipinski definition) is 4. The predicted molar refractivity (Wildman–Crippen MR) is 72.8 cm³/mol. The Kier molecular flexibility index (Phi) is 2.96. The first kappa shape index (κ1) is 12.0. The van der Waals surface area contributed by atoms with Gasteiger partial charge in [-0.25, -0.2) is 4.98 Å². The average molecular weight is 266 g/mol. The molecule has 0 aliphatic heterocycles. The first-order valence-corrected chi connectivity index (χ1v) is 5.92. The quantitative estimate of drug-likeness (QED) is 0.733. The Morgan fingerprint density at radius 1 is 1.25 bits per heavy atom. The first-order chi connectivity index (χ1) is 9.79. The van der Waals surface area contributed by atoms with Gasteiger partial charge in [0.25, 0.3) is 5.91 Å². The lowest BCUT2D eigenvalue weighted by atomic mass is 10.2. The summed E-state index contributed by atoms with van der Waals surface area (Å²) in [5.74, 6) is -0.335. The van der Waals surface area contributed by atoms with Crippen LogP contribution in [-0.2, 0) is 0 Å². The highest BCUT2D eigenvalue weighted by Crippen LogP contribution is 2.15. The summed E-state index contributed by atoms with van der Waals surface area (Å²) >= 11 is 0. The minimum Gasteiger partial charge on any atom is -0.320 e. The number of nitrogens with one attached hydrogen (secondary N) is 1. The van der Waals surface area contributed by atoms with Gasteiger partial charge in [-0.05, 0) is 18.2 Å². The third-order valence-corrected chi connectivity index (χ3v) is 2.89. The van der Waals surface area contributed by atoms with E-state index >= 15 is 0 Å². The van der Waals surface area contributed by atoms with Crippen molar-refractivity contribution in [2.75, 3.05) is 5.32 Å². The van der Waals surface area contributed by atoms with Crippen LogP contribution >= 0.6 is 0 Å². The van der Waals surface area contributed by atoms with Crippen molar-refractivity contribution in [3.63, 3.8) is 0 Å². The molecule has 6 nitrogen and oxygen atoms in total. The maximum atomic E-state index is 12.3. The highest BCUT2D eigenvalue weighted by Gasteiger charge is 2.13. The third-order valence-electron chi connectivity index (χ3n) is 2.89. The average Bonchev–Trinajstić information content (AvgIpc) is 2.96. The van der Waals surface area contributed by atoms with Crippen molar-refractivity contribution in [1.29, 1.82) is 0 Å². The van der Waals surface area contributed by atoms with Crippen LogP contribution in [0.4, 0.5) is 5.69 Å². The molecule has 0 aliphatic carbocycles. The summed E-state index contributed by atoms with van der Waals surface area (Å²) in [4.78, 5) is 31.2. The second kappa shape index (κ2) is 4.93. The molecule has 0 radical (unpaired) electrons. The minimum absolute atomic E-state index is 0.335. The molecular formula is C14H10N4O2. The van der Waals surface area contributed by atoms with E-state index in [2.05, 4.69) is 15.3 Å². The summed E-state index contributed by atoms with van der Waals surface area (Å²) in [7, 11) is 0. The zero-order valence-corrected chi connectivity index (χ0v) is 10.4. The van der Waals surface area contributed by atoms with Gasteiger partial charge in [0.1, 0.15) is 5.65 Å². The second-order valence-corrected chi connectivity index (χ2v) is 4.11. The highest BCUT2D eigenvalue weighted by molar-refractivity contribution is 6.09. The Morgan fingerprint density at radius 2 is 2.15 bits per heavy atom. The molecule has 3 aromatic rings. The number of imidazole rings is 1. The van der Waals surface area contributed by atoms with Crippen LogP contribution in [0.3, 0.4) is 0 Å². The van der Waals surface area contributed by atoms with E-state index in [4.69, 9.17) is 0 Å². The fraction of sp³-hybridized carbons (Fsp3) is 0. The van der Waals surface area contributed by atoms with Gasteiger partial charge < -0.3 is 9.72 Å². The number of rotatable bonds is 3. The summed E-state index contributed by atoms with van der Waals surface area (Å²) in [6, 6.07) is 4.97. The molecule has 3 heterocycles. The SMILES string of the molecule is O=Cc1ccncc1NC(=O)c1cccn2ccnc12. The van der Waals surface area contributed by atoms with Crippen molar-refractivity contribution < 1.29 is 9.59 Å². The van der Waals surface area contributed by atoms with Crippen molar-refractivity contribution >= 4 is 23.5 Å². The first-order valence-electron chi connectivity index (χ1n) is 5.92. The number of anilines is 1. The van der Waals surface area contributed by atoms with Gasteiger partial charge in [0.05, 0.1) is 17.4 Å². The van der Waals surface area contributed by atoms with Crippen LogP contribution in [0, 0.1) is 0 Å². The van der Waals surface area contributed by atoms with Gasteiger partial charge in [-0.2, -0.15) is 0 Å². The van der Waals surface area contributed by atoms with Gasteiger partial charge in [0.2, 0.25) is 0 Å². The summed E-state index contributed by atoms with van der Waals surface area (Å²) in [6.45, 7) is 0. The number of amides is 1. The van der Waals surface area contributed by atoms with E-state index in [1.165, 1.54) is 12.4 Å². The number of hydrogen-bond donors (Lipinski definition) is 1. The van der Waals surface area contributed by atoms with E-state index < -0.39 is 0 Å². The molecule has 20 heavy (non-hydrogen) atoms. The van der Waals surface area contributed by atoms with Crippen LogP contribution in [0.1, 0.15) is 20.7 Å². The molecule has 6 heteroatoms. The van der Waals surface area contributed by atoms with Gasteiger partial charge in [-0.3, -0.25) is 14.6 Å². The van der Waals surface area contributed by atoms with Crippen LogP contribution in [0.15, 0.2) is 49.2 Å². The van der Waals surface area contributed by atoms with E-state index in [9.17, 15) is 9.59 Å². The van der Waals surface area contributed by atoms with Gasteiger partial charge >= 0.3 is 0 Å². The normalized spacial score (nSPS) is 10.4. The fourth-order valence-corrected chi connectivity index (χ4v) is 1.93. The molecule has 1 N–H and O–H groups in total. The van der Waals surface area contributed by atoms with Crippen molar-refractivity contribution in [2.45, 2.75) is 0 Å². The molecule has 0 bridgehead atoms. The smallest absolute Gasteiger partial charge is 0.259 e. The molecular weight excluding hydrogens is 256 g/mol. The molecule has 0 saturated carbocycles. The lowest BCUT2D eigenvalue weighted by molar-refractivity contribution is 0.102. The van der Waals surface area contributed by atoms with E-state index in [0.29, 0.717) is 28.7 Å². The Labute approximate surface area is 114 Å². The van der Waals surface area contributed by atoms with Crippen LogP contribution in [-0.4, -0.2) is 26.6 Å². The number of aldehydes is 1. The predicted octanol–water partition coefficient (Wildman–Crippen LogP) is 1.79. The van der Waals surface area contributed by atoms with Gasteiger partial charge in [0, 0.05) is 30.4 Å². The Morgan fingerprint density at radius 3 is 3.00 bits per heavy atom. The van der Waals surface area contributed by atoms with Crippen molar-refractivity contribution in [3.8, 4) is 0 Å². The molecule has 0 saturated heterocycles. The standard InChI is InChI=1S/C14H10N4O2/c19-9-10-3-4-15-8-12(10)17-14(20)11-2-1-6-18-7-5-16-13(11)18/h1-9H,(H,17,20). The van der Waals surface area contributed by atoms with Crippen molar-refractivity contribution in [1.82, 2.24) is 14.4 Å². The third kappa shape index (κ3) is 2.03.